The molecule has 1 atom stereocenters. The van der Waals surface area contributed by atoms with Crippen molar-refractivity contribution in [3.05, 3.63) is 40.9 Å². The quantitative estimate of drug-likeness (QED) is 0.860. The number of carbonyl (C=O) groups excluding carboxylic acids is 2. The zero-order chi connectivity index (χ0) is 17.1. The molecule has 1 aromatic heterocycles. The van der Waals surface area contributed by atoms with Gasteiger partial charge >= 0.3 is 0 Å². The van der Waals surface area contributed by atoms with Crippen molar-refractivity contribution in [3.63, 3.8) is 0 Å². The van der Waals surface area contributed by atoms with Crippen LogP contribution in [-0.4, -0.2) is 35.9 Å². The fourth-order valence-corrected chi connectivity index (χ4v) is 3.54. The van der Waals surface area contributed by atoms with Crippen LogP contribution in [0.1, 0.15) is 40.6 Å². The van der Waals surface area contributed by atoms with E-state index in [0.717, 1.165) is 13.0 Å². The number of alkyl halides is 1. The van der Waals surface area contributed by atoms with E-state index in [4.69, 9.17) is 0 Å². The number of halogens is 1. The normalized spacial score (nSPS) is 17.6. The van der Waals surface area contributed by atoms with Crippen LogP contribution in [0.3, 0.4) is 0 Å². The highest BCUT2D eigenvalue weighted by Crippen LogP contribution is 2.26. The van der Waals surface area contributed by atoms with Crippen molar-refractivity contribution in [1.82, 2.24) is 4.98 Å². The molecule has 3 rings (SSSR count). The minimum atomic E-state index is -0.845. The Balaban J connectivity index is 1.74. The average molecular weight is 347 g/mol. The lowest BCUT2D eigenvalue weighted by atomic mass is 10.1. The SMILES string of the molecule is CC(=O)c1ccccc1NC(=O)c1csc(N2CCCC(F)C2)n1. The van der Waals surface area contributed by atoms with Crippen LogP contribution in [0, 0.1) is 0 Å². The third-order valence-corrected chi connectivity index (χ3v) is 4.82. The summed E-state index contributed by atoms with van der Waals surface area (Å²) in [7, 11) is 0. The van der Waals surface area contributed by atoms with Crippen molar-refractivity contribution < 1.29 is 14.0 Å². The maximum atomic E-state index is 13.5. The van der Waals surface area contributed by atoms with E-state index in [1.165, 1.54) is 18.3 Å². The molecule has 1 N–H and O–H groups in total. The van der Waals surface area contributed by atoms with E-state index in [9.17, 15) is 14.0 Å². The molecule has 2 heterocycles. The molecule has 0 bridgehead atoms. The molecule has 1 unspecified atom stereocenters. The molecule has 2 aromatic rings. The number of hydrogen-bond donors (Lipinski definition) is 1. The Morgan fingerprint density at radius 1 is 1.38 bits per heavy atom. The van der Waals surface area contributed by atoms with Crippen molar-refractivity contribution in [1.29, 1.82) is 0 Å². The molecule has 1 aromatic carbocycles. The van der Waals surface area contributed by atoms with E-state index >= 15 is 0 Å². The zero-order valence-electron chi connectivity index (χ0n) is 13.3. The maximum absolute atomic E-state index is 13.5. The summed E-state index contributed by atoms with van der Waals surface area (Å²) in [5.41, 5.74) is 1.19. The topological polar surface area (TPSA) is 62.3 Å². The fourth-order valence-electron chi connectivity index (χ4n) is 2.70. The van der Waals surface area contributed by atoms with Crippen molar-refractivity contribution in [2.45, 2.75) is 25.9 Å². The number of para-hydroxylation sites is 1. The number of piperidine rings is 1. The summed E-state index contributed by atoms with van der Waals surface area (Å²) in [6.07, 6.45) is 0.521. The third-order valence-electron chi connectivity index (χ3n) is 3.91. The molecular weight excluding hydrogens is 329 g/mol. The summed E-state index contributed by atoms with van der Waals surface area (Å²) < 4.78 is 13.5. The minimum absolute atomic E-state index is 0.118. The maximum Gasteiger partial charge on any atom is 0.275 e. The first kappa shape index (κ1) is 16.6. The standard InChI is InChI=1S/C17H18FN3O2S/c1-11(22)13-6-2-3-7-14(13)19-16(23)15-10-24-17(20-15)21-8-4-5-12(18)9-21/h2-3,6-7,10,12H,4-5,8-9H2,1H3,(H,19,23). The largest absolute Gasteiger partial charge is 0.345 e. The van der Waals surface area contributed by atoms with Crippen molar-refractivity contribution in [2.24, 2.45) is 0 Å². The number of hydrogen-bond acceptors (Lipinski definition) is 5. The molecule has 0 radical (unpaired) electrons. The van der Waals surface area contributed by atoms with Gasteiger partial charge in [0.05, 0.1) is 12.2 Å². The summed E-state index contributed by atoms with van der Waals surface area (Å²) in [5.74, 6) is -0.493. The second-order valence-electron chi connectivity index (χ2n) is 5.76. The molecule has 5 nitrogen and oxygen atoms in total. The molecule has 0 saturated carbocycles. The number of rotatable bonds is 4. The van der Waals surface area contributed by atoms with Gasteiger partial charge in [-0.05, 0) is 31.9 Å². The number of nitrogens with one attached hydrogen (secondary N) is 1. The van der Waals surface area contributed by atoms with Gasteiger partial charge in [-0.25, -0.2) is 9.37 Å². The Kier molecular flexibility index (Phi) is 4.89. The summed E-state index contributed by atoms with van der Waals surface area (Å²) in [6, 6.07) is 6.85. The van der Waals surface area contributed by atoms with Crippen LogP contribution in [-0.2, 0) is 0 Å². The van der Waals surface area contributed by atoms with E-state index in [2.05, 4.69) is 10.3 Å². The first-order valence-electron chi connectivity index (χ1n) is 7.80. The Morgan fingerprint density at radius 3 is 2.92 bits per heavy atom. The highest BCUT2D eigenvalue weighted by molar-refractivity contribution is 7.14. The van der Waals surface area contributed by atoms with Crippen LogP contribution in [0.15, 0.2) is 29.6 Å². The molecule has 1 saturated heterocycles. The molecule has 24 heavy (non-hydrogen) atoms. The number of nitrogens with zero attached hydrogens (tertiary/aromatic N) is 2. The number of aromatic nitrogens is 1. The first-order valence-corrected chi connectivity index (χ1v) is 8.68. The van der Waals surface area contributed by atoms with Crippen LogP contribution in [0.4, 0.5) is 15.2 Å². The van der Waals surface area contributed by atoms with Crippen molar-refractivity contribution >= 4 is 33.8 Å². The average Bonchev–Trinajstić information content (AvgIpc) is 3.05. The summed E-state index contributed by atoms with van der Waals surface area (Å²) in [6.45, 7) is 2.53. The van der Waals surface area contributed by atoms with Crippen molar-refractivity contribution in [3.8, 4) is 0 Å². The van der Waals surface area contributed by atoms with Gasteiger partial charge in [0, 0.05) is 17.5 Å². The fraction of sp³-hybridized carbons (Fsp3) is 0.353. The number of carbonyl (C=O) groups is 2. The van der Waals surface area contributed by atoms with E-state index in [0.29, 0.717) is 29.3 Å². The smallest absolute Gasteiger partial charge is 0.275 e. The molecule has 0 aliphatic carbocycles. The summed E-state index contributed by atoms with van der Waals surface area (Å²) in [4.78, 5) is 30.2. The lowest BCUT2D eigenvalue weighted by Crippen LogP contribution is -2.36. The highest BCUT2D eigenvalue weighted by Gasteiger charge is 2.22. The molecular formula is C17H18FN3O2S. The van der Waals surface area contributed by atoms with Crippen LogP contribution in [0.25, 0.3) is 0 Å². The van der Waals surface area contributed by atoms with E-state index < -0.39 is 6.17 Å². The number of ketones is 1. The first-order chi connectivity index (χ1) is 11.5. The van der Waals surface area contributed by atoms with Crippen LogP contribution < -0.4 is 10.2 Å². The van der Waals surface area contributed by atoms with E-state index in [1.807, 2.05) is 4.90 Å². The van der Waals surface area contributed by atoms with Crippen molar-refractivity contribution in [2.75, 3.05) is 23.3 Å². The molecule has 1 amide bonds. The monoisotopic (exact) mass is 347 g/mol. The predicted molar refractivity (Wildman–Crippen MR) is 92.9 cm³/mol. The molecule has 1 aliphatic heterocycles. The summed E-state index contributed by atoms with van der Waals surface area (Å²) >= 11 is 1.33. The lowest BCUT2D eigenvalue weighted by molar-refractivity contribution is 0.101. The van der Waals surface area contributed by atoms with Gasteiger partial charge in [0.2, 0.25) is 0 Å². The van der Waals surface area contributed by atoms with Gasteiger partial charge in [0.1, 0.15) is 11.9 Å². The Hall–Kier alpha value is -2.28. The minimum Gasteiger partial charge on any atom is -0.345 e. The Bertz CT molecular complexity index is 762. The third kappa shape index (κ3) is 3.62. The van der Waals surface area contributed by atoms with Gasteiger partial charge < -0.3 is 10.2 Å². The number of amides is 1. The van der Waals surface area contributed by atoms with E-state index in [1.54, 1.807) is 29.6 Å². The molecule has 0 spiro atoms. The lowest BCUT2D eigenvalue weighted by Gasteiger charge is -2.28. The highest BCUT2D eigenvalue weighted by atomic mass is 32.1. The second-order valence-corrected chi connectivity index (χ2v) is 6.59. The molecule has 126 valence electrons. The number of thiazole rings is 1. The Morgan fingerprint density at radius 2 is 2.17 bits per heavy atom. The van der Waals surface area contributed by atoms with Crippen LogP contribution >= 0.6 is 11.3 Å². The second kappa shape index (κ2) is 7.09. The number of benzene rings is 1. The van der Waals surface area contributed by atoms with Gasteiger partial charge in [-0.2, -0.15) is 0 Å². The van der Waals surface area contributed by atoms with Gasteiger partial charge in [0.25, 0.3) is 5.91 Å². The van der Waals surface area contributed by atoms with Crippen LogP contribution in [0.5, 0.6) is 0 Å². The molecule has 7 heteroatoms. The Labute approximate surface area is 143 Å². The number of anilines is 2. The summed E-state index contributed by atoms with van der Waals surface area (Å²) in [5, 5.41) is 5.04. The van der Waals surface area contributed by atoms with Gasteiger partial charge in [0.15, 0.2) is 10.9 Å². The molecule has 1 fully saturated rings. The van der Waals surface area contributed by atoms with E-state index in [-0.39, 0.29) is 17.4 Å². The number of Topliss-reactive ketones (excluding diaryl/α,β-unsaturated/α-hetero) is 1. The van der Waals surface area contributed by atoms with Gasteiger partial charge in [-0.15, -0.1) is 11.3 Å². The van der Waals surface area contributed by atoms with Crippen LogP contribution in [0.2, 0.25) is 0 Å². The zero-order valence-corrected chi connectivity index (χ0v) is 14.1. The van der Waals surface area contributed by atoms with Gasteiger partial charge in [-0.3, -0.25) is 9.59 Å². The van der Waals surface area contributed by atoms with Gasteiger partial charge in [-0.1, -0.05) is 12.1 Å². The molecule has 1 aliphatic rings. The predicted octanol–water partition coefficient (Wildman–Crippen LogP) is 3.54.